The highest BCUT2D eigenvalue weighted by atomic mass is 79.9. The molecule has 21 heavy (non-hydrogen) atoms. The number of furan rings is 2. The van der Waals surface area contributed by atoms with Crippen LogP contribution in [0, 0.1) is 6.92 Å². The van der Waals surface area contributed by atoms with E-state index in [1.54, 1.807) is 12.3 Å². The second-order valence-electron chi connectivity index (χ2n) is 4.89. The fraction of sp³-hybridized carbons (Fsp3) is 0.188. The molecule has 0 atom stereocenters. The van der Waals surface area contributed by atoms with E-state index in [1.165, 1.54) is 0 Å². The van der Waals surface area contributed by atoms with Crippen LogP contribution in [-0.2, 0) is 17.8 Å². The molecule has 0 bridgehead atoms. The van der Waals surface area contributed by atoms with Crippen LogP contribution in [-0.4, -0.2) is 5.91 Å². The van der Waals surface area contributed by atoms with Gasteiger partial charge in [0.15, 0.2) is 4.67 Å². The Labute approximate surface area is 130 Å². The van der Waals surface area contributed by atoms with Gasteiger partial charge in [-0.15, -0.1) is 0 Å². The van der Waals surface area contributed by atoms with Crippen molar-refractivity contribution in [1.82, 2.24) is 5.32 Å². The summed E-state index contributed by atoms with van der Waals surface area (Å²) >= 11 is 3.39. The molecule has 2 aromatic heterocycles. The number of hydrogen-bond donors (Lipinski definition) is 1. The Morgan fingerprint density at radius 3 is 2.95 bits per heavy atom. The van der Waals surface area contributed by atoms with Crippen LogP contribution >= 0.6 is 15.9 Å². The predicted molar refractivity (Wildman–Crippen MR) is 82.9 cm³/mol. The average Bonchev–Trinajstić information content (AvgIpc) is 3.06. The summed E-state index contributed by atoms with van der Waals surface area (Å²) in [5.41, 5.74) is 2.78. The number of aryl methyl sites for hydroxylation is 1. The van der Waals surface area contributed by atoms with Crippen molar-refractivity contribution in [2.75, 3.05) is 0 Å². The Hall–Kier alpha value is -2.01. The van der Waals surface area contributed by atoms with Gasteiger partial charge in [0.1, 0.15) is 11.3 Å². The molecular formula is C16H14BrNO3. The van der Waals surface area contributed by atoms with Crippen molar-refractivity contribution in [1.29, 1.82) is 0 Å². The lowest BCUT2D eigenvalue weighted by atomic mass is 10.1. The molecule has 1 aromatic carbocycles. The maximum Gasteiger partial charge on any atom is 0.224 e. The highest BCUT2D eigenvalue weighted by molar-refractivity contribution is 9.10. The molecule has 0 fully saturated rings. The van der Waals surface area contributed by atoms with E-state index in [2.05, 4.69) is 21.2 Å². The normalized spacial score (nSPS) is 11.0. The summed E-state index contributed by atoms with van der Waals surface area (Å²) in [5.74, 6) is 0.659. The van der Waals surface area contributed by atoms with Gasteiger partial charge in [-0.05, 0) is 47.1 Å². The number of carbonyl (C=O) groups excluding carboxylic acids is 1. The number of halogens is 1. The monoisotopic (exact) mass is 347 g/mol. The Morgan fingerprint density at radius 2 is 2.19 bits per heavy atom. The van der Waals surface area contributed by atoms with Gasteiger partial charge in [-0.3, -0.25) is 4.79 Å². The lowest BCUT2D eigenvalue weighted by molar-refractivity contribution is -0.120. The summed E-state index contributed by atoms with van der Waals surface area (Å²) in [7, 11) is 0. The van der Waals surface area contributed by atoms with Gasteiger partial charge in [0, 0.05) is 10.9 Å². The molecule has 4 nitrogen and oxygen atoms in total. The molecule has 0 radical (unpaired) electrons. The molecule has 0 unspecified atom stereocenters. The predicted octanol–water partition coefficient (Wildman–Crippen LogP) is 3.96. The van der Waals surface area contributed by atoms with Crippen LogP contribution in [0.15, 0.2) is 50.1 Å². The minimum absolute atomic E-state index is 0.0729. The van der Waals surface area contributed by atoms with E-state index >= 15 is 0 Å². The van der Waals surface area contributed by atoms with Crippen molar-refractivity contribution >= 4 is 32.8 Å². The van der Waals surface area contributed by atoms with Crippen LogP contribution in [0.1, 0.15) is 16.9 Å². The van der Waals surface area contributed by atoms with Gasteiger partial charge in [-0.2, -0.15) is 0 Å². The first kappa shape index (κ1) is 13.9. The molecule has 0 spiro atoms. The van der Waals surface area contributed by atoms with Crippen molar-refractivity contribution < 1.29 is 13.6 Å². The van der Waals surface area contributed by atoms with E-state index in [4.69, 9.17) is 8.83 Å². The second kappa shape index (κ2) is 5.77. The number of amides is 1. The van der Waals surface area contributed by atoms with Crippen LogP contribution in [0.2, 0.25) is 0 Å². The molecule has 0 aliphatic heterocycles. The first-order valence-electron chi connectivity index (χ1n) is 6.60. The standard InChI is InChI=1S/C16H14BrNO3/c1-10-4-5-14-12(7-10)13(16(17)21-14)8-15(19)18-9-11-3-2-6-20-11/h2-7H,8-9H2,1H3,(H,18,19). The molecule has 5 heteroatoms. The summed E-state index contributed by atoms with van der Waals surface area (Å²) in [4.78, 5) is 12.1. The van der Waals surface area contributed by atoms with E-state index in [1.807, 2.05) is 31.2 Å². The van der Waals surface area contributed by atoms with Crippen LogP contribution < -0.4 is 5.32 Å². The number of hydrogen-bond acceptors (Lipinski definition) is 3. The van der Waals surface area contributed by atoms with Gasteiger partial charge < -0.3 is 14.2 Å². The highest BCUT2D eigenvalue weighted by Crippen LogP contribution is 2.31. The third-order valence-electron chi connectivity index (χ3n) is 3.27. The van der Waals surface area contributed by atoms with Crippen LogP contribution in [0.25, 0.3) is 11.0 Å². The highest BCUT2D eigenvalue weighted by Gasteiger charge is 2.15. The number of carbonyl (C=O) groups is 1. The molecule has 0 aliphatic carbocycles. The topological polar surface area (TPSA) is 55.4 Å². The molecule has 3 rings (SSSR count). The molecule has 1 N–H and O–H groups in total. The molecular weight excluding hydrogens is 334 g/mol. The van der Waals surface area contributed by atoms with E-state index < -0.39 is 0 Å². The minimum atomic E-state index is -0.0729. The van der Waals surface area contributed by atoms with Gasteiger partial charge >= 0.3 is 0 Å². The summed E-state index contributed by atoms with van der Waals surface area (Å²) in [5, 5.41) is 3.80. The SMILES string of the molecule is Cc1ccc2oc(Br)c(CC(=O)NCc3ccco3)c2c1. The number of rotatable bonds is 4. The van der Waals surface area contributed by atoms with Gasteiger partial charge in [0.25, 0.3) is 0 Å². The summed E-state index contributed by atoms with van der Waals surface area (Å²) in [6.45, 7) is 2.40. The third-order valence-corrected chi connectivity index (χ3v) is 3.91. The van der Waals surface area contributed by atoms with Crippen LogP contribution in [0.3, 0.4) is 0 Å². The molecule has 0 saturated carbocycles. The Bertz CT molecular complexity index is 774. The summed E-state index contributed by atoms with van der Waals surface area (Å²) < 4.78 is 11.4. The van der Waals surface area contributed by atoms with E-state index in [9.17, 15) is 4.79 Å². The van der Waals surface area contributed by atoms with Crippen LogP contribution in [0.5, 0.6) is 0 Å². The fourth-order valence-corrected chi connectivity index (χ4v) is 2.75. The van der Waals surface area contributed by atoms with Gasteiger partial charge in [0.2, 0.25) is 5.91 Å². The van der Waals surface area contributed by atoms with E-state index in [-0.39, 0.29) is 12.3 Å². The zero-order valence-electron chi connectivity index (χ0n) is 11.5. The van der Waals surface area contributed by atoms with E-state index in [0.29, 0.717) is 11.2 Å². The number of nitrogens with one attached hydrogen (secondary N) is 1. The molecule has 0 aliphatic rings. The van der Waals surface area contributed by atoms with E-state index in [0.717, 1.165) is 27.9 Å². The Kier molecular flexibility index (Phi) is 3.84. The number of fused-ring (bicyclic) bond motifs is 1. The lowest BCUT2D eigenvalue weighted by Crippen LogP contribution is -2.24. The zero-order valence-corrected chi connectivity index (χ0v) is 13.1. The maximum atomic E-state index is 12.1. The Morgan fingerprint density at radius 1 is 1.33 bits per heavy atom. The maximum absolute atomic E-state index is 12.1. The van der Waals surface area contributed by atoms with Crippen molar-refractivity contribution in [2.45, 2.75) is 19.9 Å². The Balaban J connectivity index is 1.76. The number of benzene rings is 1. The van der Waals surface area contributed by atoms with Crippen molar-refractivity contribution in [3.63, 3.8) is 0 Å². The first-order chi connectivity index (χ1) is 10.1. The largest absolute Gasteiger partial charge is 0.467 e. The fourth-order valence-electron chi connectivity index (χ4n) is 2.22. The van der Waals surface area contributed by atoms with Crippen LogP contribution in [0.4, 0.5) is 0 Å². The third kappa shape index (κ3) is 3.03. The van der Waals surface area contributed by atoms with Gasteiger partial charge in [-0.1, -0.05) is 11.6 Å². The quantitative estimate of drug-likeness (QED) is 0.777. The molecule has 108 valence electrons. The lowest BCUT2D eigenvalue weighted by Gasteiger charge is -2.03. The molecule has 3 aromatic rings. The van der Waals surface area contributed by atoms with Crippen molar-refractivity contribution in [2.24, 2.45) is 0 Å². The second-order valence-corrected chi connectivity index (χ2v) is 5.61. The first-order valence-corrected chi connectivity index (χ1v) is 7.39. The van der Waals surface area contributed by atoms with Crippen molar-refractivity contribution in [3.8, 4) is 0 Å². The molecule has 1 amide bonds. The average molecular weight is 348 g/mol. The minimum Gasteiger partial charge on any atom is -0.467 e. The summed E-state index contributed by atoms with van der Waals surface area (Å²) in [6.07, 6.45) is 1.85. The van der Waals surface area contributed by atoms with Gasteiger partial charge in [0.05, 0.1) is 19.2 Å². The summed E-state index contributed by atoms with van der Waals surface area (Å²) in [6, 6.07) is 9.55. The molecule has 2 heterocycles. The van der Waals surface area contributed by atoms with Gasteiger partial charge in [-0.25, -0.2) is 0 Å². The molecule has 0 saturated heterocycles. The smallest absolute Gasteiger partial charge is 0.224 e. The van der Waals surface area contributed by atoms with Crippen molar-refractivity contribution in [3.05, 3.63) is 58.2 Å². The zero-order chi connectivity index (χ0) is 14.8.